The van der Waals surface area contributed by atoms with Crippen molar-refractivity contribution >= 4 is 17.3 Å². The molecule has 0 radical (unpaired) electrons. The summed E-state index contributed by atoms with van der Waals surface area (Å²) in [6.45, 7) is 0. The van der Waals surface area contributed by atoms with Crippen molar-refractivity contribution in [2.45, 2.75) is 12.8 Å². The molecule has 0 aliphatic carbocycles. The van der Waals surface area contributed by atoms with E-state index in [1.807, 2.05) is 0 Å². The van der Waals surface area contributed by atoms with Crippen LogP contribution >= 0.6 is 0 Å². The van der Waals surface area contributed by atoms with Crippen LogP contribution in [-0.4, -0.2) is 15.9 Å². The minimum atomic E-state index is -0.712. The van der Waals surface area contributed by atoms with E-state index in [0.29, 0.717) is 6.42 Å². The number of amides is 1. The lowest BCUT2D eigenvalue weighted by Crippen LogP contribution is -2.12. The van der Waals surface area contributed by atoms with E-state index in [-0.39, 0.29) is 18.0 Å². The highest BCUT2D eigenvalue weighted by atomic mass is 16.6. The molecule has 0 saturated heterocycles. The fraction of sp³-hybridized carbons (Fsp3) is 0.154. The number of hydrogen-bond donors (Lipinski definition) is 2. The van der Waals surface area contributed by atoms with Crippen molar-refractivity contribution in [2.24, 2.45) is 0 Å². The fourth-order valence-electron chi connectivity index (χ4n) is 1.66. The first kappa shape index (κ1) is 13.6. The van der Waals surface area contributed by atoms with Crippen molar-refractivity contribution in [1.82, 2.24) is 0 Å². The standard InChI is InChI=1S/C13H12N2O5/c16-12-3-2-10(7-11(12)15(18)19)14-13(17)4-1-9-5-6-20-8-9/h2-3,5-8,16H,1,4H2,(H,14,17). The summed E-state index contributed by atoms with van der Waals surface area (Å²) in [5.74, 6) is -0.711. The van der Waals surface area contributed by atoms with Gasteiger partial charge in [0.25, 0.3) is 0 Å². The van der Waals surface area contributed by atoms with Crippen molar-refractivity contribution in [3.63, 3.8) is 0 Å². The van der Waals surface area contributed by atoms with Crippen LogP contribution in [0.5, 0.6) is 5.75 Å². The molecule has 2 N–H and O–H groups in total. The van der Waals surface area contributed by atoms with Gasteiger partial charge in [0.1, 0.15) is 0 Å². The molecule has 2 rings (SSSR count). The number of nitro groups is 1. The van der Waals surface area contributed by atoms with Gasteiger partial charge >= 0.3 is 5.69 Å². The van der Waals surface area contributed by atoms with Crippen molar-refractivity contribution in [2.75, 3.05) is 5.32 Å². The normalized spacial score (nSPS) is 10.2. The fourth-order valence-corrected chi connectivity index (χ4v) is 1.66. The molecule has 0 unspecified atom stereocenters. The third-order valence-corrected chi connectivity index (χ3v) is 2.68. The molecule has 0 bridgehead atoms. The maximum Gasteiger partial charge on any atom is 0.312 e. The number of furan rings is 1. The third kappa shape index (κ3) is 3.35. The summed E-state index contributed by atoms with van der Waals surface area (Å²) < 4.78 is 4.89. The van der Waals surface area contributed by atoms with Crippen molar-refractivity contribution in [3.8, 4) is 5.75 Å². The van der Waals surface area contributed by atoms with Gasteiger partial charge in [-0.2, -0.15) is 0 Å². The Bertz CT molecular complexity index is 622. The van der Waals surface area contributed by atoms with Crippen LogP contribution < -0.4 is 5.32 Å². The summed E-state index contributed by atoms with van der Waals surface area (Å²) in [6.07, 6.45) is 3.83. The van der Waals surface area contributed by atoms with E-state index >= 15 is 0 Å². The molecule has 2 aromatic rings. The summed E-state index contributed by atoms with van der Waals surface area (Å²) in [5, 5.41) is 22.5. The summed E-state index contributed by atoms with van der Waals surface area (Å²) in [7, 11) is 0. The number of phenolic OH excluding ortho intramolecular Hbond substituents is 1. The summed E-state index contributed by atoms with van der Waals surface area (Å²) in [6, 6.07) is 5.45. The molecule has 0 spiro atoms. The summed E-state index contributed by atoms with van der Waals surface area (Å²) in [4.78, 5) is 21.7. The van der Waals surface area contributed by atoms with E-state index in [1.165, 1.54) is 18.4 Å². The molecule has 0 atom stereocenters. The zero-order valence-corrected chi connectivity index (χ0v) is 10.4. The van der Waals surface area contributed by atoms with Gasteiger partial charge in [-0.15, -0.1) is 0 Å². The van der Waals surface area contributed by atoms with Crippen molar-refractivity contribution < 1.29 is 19.2 Å². The molecular formula is C13H12N2O5. The number of nitrogens with zero attached hydrogens (tertiary/aromatic N) is 1. The van der Waals surface area contributed by atoms with Crippen LogP contribution in [0.4, 0.5) is 11.4 Å². The average molecular weight is 276 g/mol. The van der Waals surface area contributed by atoms with E-state index in [4.69, 9.17) is 4.42 Å². The highest BCUT2D eigenvalue weighted by Gasteiger charge is 2.14. The number of aryl methyl sites for hydroxylation is 1. The summed E-state index contributed by atoms with van der Waals surface area (Å²) in [5.41, 5.74) is 0.723. The lowest BCUT2D eigenvalue weighted by atomic mass is 10.2. The molecule has 1 amide bonds. The maximum absolute atomic E-state index is 11.7. The Hall–Kier alpha value is -2.83. The van der Waals surface area contributed by atoms with Gasteiger partial charge in [-0.05, 0) is 30.2 Å². The zero-order chi connectivity index (χ0) is 14.5. The van der Waals surface area contributed by atoms with Gasteiger partial charge in [0.05, 0.1) is 17.4 Å². The Morgan fingerprint density at radius 2 is 2.20 bits per heavy atom. The van der Waals surface area contributed by atoms with E-state index in [2.05, 4.69) is 5.32 Å². The molecule has 0 aliphatic heterocycles. The Morgan fingerprint density at radius 3 is 2.85 bits per heavy atom. The highest BCUT2D eigenvalue weighted by Crippen LogP contribution is 2.28. The van der Waals surface area contributed by atoms with Gasteiger partial charge in [-0.25, -0.2) is 0 Å². The Morgan fingerprint density at radius 1 is 1.40 bits per heavy atom. The smallest absolute Gasteiger partial charge is 0.312 e. The Balaban J connectivity index is 1.97. The van der Waals surface area contributed by atoms with Gasteiger partial charge in [-0.3, -0.25) is 14.9 Å². The van der Waals surface area contributed by atoms with Crippen LogP contribution in [0.2, 0.25) is 0 Å². The van der Waals surface area contributed by atoms with Crippen LogP contribution in [-0.2, 0) is 11.2 Å². The Labute approximate surface area is 114 Å². The van der Waals surface area contributed by atoms with Crippen LogP contribution in [0.1, 0.15) is 12.0 Å². The quantitative estimate of drug-likeness (QED) is 0.495. The number of anilines is 1. The lowest BCUT2D eigenvalue weighted by molar-refractivity contribution is -0.385. The average Bonchev–Trinajstić information content (AvgIpc) is 2.91. The monoisotopic (exact) mass is 276 g/mol. The number of hydrogen-bond acceptors (Lipinski definition) is 5. The predicted octanol–water partition coefficient (Wildman–Crippen LogP) is 2.46. The minimum absolute atomic E-state index is 0.230. The zero-order valence-electron chi connectivity index (χ0n) is 10.4. The van der Waals surface area contributed by atoms with Gasteiger partial charge in [0, 0.05) is 18.2 Å². The second-order valence-electron chi connectivity index (χ2n) is 4.14. The third-order valence-electron chi connectivity index (χ3n) is 2.68. The molecule has 20 heavy (non-hydrogen) atoms. The topological polar surface area (TPSA) is 106 Å². The number of nitrogens with one attached hydrogen (secondary N) is 1. The minimum Gasteiger partial charge on any atom is -0.502 e. The second-order valence-corrected chi connectivity index (χ2v) is 4.14. The van der Waals surface area contributed by atoms with Crippen LogP contribution in [0, 0.1) is 10.1 Å². The van der Waals surface area contributed by atoms with Crippen LogP contribution in [0.15, 0.2) is 41.2 Å². The molecule has 1 heterocycles. The Kier molecular flexibility index (Phi) is 3.99. The second kappa shape index (κ2) is 5.87. The number of carbonyl (C=O) groups excluding carboxylic acids is 1. The molecule has 7 heteroatoms. The molecule has 0 aliphatic rings. The van der Waals surface area contributed by atoms with E-state index in [0.717, 1.165) is 11.6 Å². The van der Waals surface area contributed by atoms with Gasteiger partial charge < -0.3 is 14.8 Å². The van der Waals surface area contributed by atoms with E-state index in [1.54, 1.807) is 12.3 Å². The van der Waals surface area contributed by atoms with Crippen molar-refractivity contribution in [3.05, 3.63) is 52.5 Å². The number of benzene rings is 1. The molecule has 1 aromatic heterocycles. The van der Waals surface area contributed by atoms with Crippen LogP contribution in [0.25, 0.3) is 0 Å². The molecule has 0 saturated carbocycles. The number of nitro benzene ring substituents is 1. The summed E-state index contributed by atoms with van der Waals surface area (Å²) >= 11 is 0. The first-order valence-corrected chi connectivity index (χ1v) is 5.84. The first-order valence-electron chi connectivity index (χ1n) is 5.84. The number of phenols is 1. The van der Waals surface area contributed by atoms with Crippen molar-refractivity contribution in [1.29, 1.82) is 0 Å². The maximum atomic E-state index is 11.7. The highest BCUT2D eigenvalue weighted by molar-refractivity contribution is 5.91. The van der Waals surface area contributed by atoms with Gasteiger partial charge in [0.2, 0.25) is 5.91 Å². The van der Waals surface area contributed by atoms with E-state index in [9.17, 15) is 20.0 Å². The number of carbonyl (C=O) groups is 1. The van der Waals surface area contributed by atoms with Crippen LogP contribution in [0.3, 0.4) is 0 Å². The number of aromatic hydroxyl groups is 1. The molecule has 1 aromatic carbocycles. The number of rotatable bonds is 5. The first-order chi connectivity index (χ1) is 9.56. The van der Waals surface area contributed by atoms with E-state index < -0.39 is 16.4 Å². The molecule has 0 fully saturated rings. The SMILES string of the molecule is O=C(CCc1ccoc1)Nc1ccc(O)c([N+](=O)[O-])c1. The molecule has 104 valence electrons. The largest absolute Gasteiger partial charge is 0.502 e. The van der Waals surface area contributed by atoms with Gasteiger partial charge in [0.15, 0.2) is 5.75 Å². The lowest BCUT2D eigenvalue weighted by Gasteiger charge is -2.05. The molecule has 7 nitrogen and oxygen atoms in total. The van der Waals surface area contributed by atoms with Gasteiger partial charge in [-0.1, -0.05) is 0 Å². The predicted molar refractivity (Wildman–Crippen MR) is 70.4 cm³/mol. The molecular weight excluding hydrogens is 264 g/mol.